The van der Waals surface area contributed by atoms with E-state index in [4.69, 9.17) is 9.72 Å². The molecule has 0 unspecified atom stereocenters. The van der Waals surface area contributed by atoms with Crippen LogP contribution < -0.4 is 9.64 Å². The van der Waals surface area contributed by atoms with Gasteiger partial charge in [0.1, 0.15) is 0 Å². The molecule has 246 valence electrons. The van der Waals surface area contributed by atoms with Gasteiger partial charge < -0.3 is 0 Å². The Hall–Kier alpha value is -4.21. The average molecular weight is 814 g/mol. The van der Waals surface area contributed by atoms with E-state index in [2.05, 4.69) is 174 Å². The van der Waals surface area contributed by atoms with Gasteiger partial charge in [-0.15, -0.1) is 0 Å². The molecule has 4 aromatic carbocycles. The fourth-order valence-corrected chi connectivity index (χ4v) is 8.83. The molecule has 2 aromatic heterocycles. The maximum atomic E-state index is 6.65. The molecule has 2 aliphatic rings. The predicted molar refractivity (Wildman–Crippen MR) is 192 cm³/mol. The van der Waals surface area contributed by atoms with E-state index in [9.17, 15) is 0 Å². The van der Waals surface area contributed by atoms with Crippen LogP contribution in [0.25, 0.3) is 16.7 Å². The number of aromatic nitrogens is 3. The van der Waals surface area contributed by atoms with E-state index in [-0.39, 0.29) is 16.2 Å². The molecule has 0 saturated carbocycles. The summed E-state index contributed by atoms with van der Waals surface area (Å²) in [7, 11) is 2.11. The van der Waals surface area contributed by atoms with E-state index in [0.717, 1.165) is 44.4 Å². The van der Waals surface area contributed by atoms with Crippen LogP contribution in [0.15, 0.2) is 97.2 Å². The fraction of sp³-hybridized carbons (Fsp3) is 0.286. The molecule has 5 nitrogen and oxygen atoms in total. The molecular weight excluding hydrogens is 772 g/mol. The van der Waals surface area contributed by atoms with Gasteiger partial charge >= 0.3 is 196 Å². The third-order valence-corrected chi connectivity index (χ3v) is 13.2. The standard InChI is InChI=1S/C42H42N4O.Pt/c1-27-18-19-43-39(20-27)46-37-24-32(47-31-13-11-12-30(23-31)45-26-44(8)35-14-9-10-15-36(35)45)17-16-28(37)21-29-22-33-34(25-38(29)46)41(4,5)42(6,7)40(33,2)3;/h9-20,22-25H,21H2,1-8H3;. The van der Waals surface area contributed by atoms with Gasteiger partial charge in [-0.3, -0.25) is 0 Å². The minimum absolute atomic E-state index is 0.00274. The van der Waals surface area contributed by atoms with Crippen LogP contribution in [0.1, 0.15) is 69.4 Å². The first kappa shape index (κ1) is 31.1. The molecule has 0 bridgehead atoms. The Morgan fingerprint density at radius 1 is 0.708 bits per heavy atom. The van der Waals surface area contributed by atoms with Crippen molar-refractivity contribution in [3.63, 3.8) is 0 Å². The summed E-state index contributed by atoms with van der Waals surface area (Å²) < 4.78 is 12.3. The second kappa shape index (κ2) is 10.6. The number of imidazole rings is 1. The quantitative estimate of drug-likeness (QED) is 0.178. The summed E-state index contributed by atoms with van der Waals surface area (Å²) in [5.41, 5.74) is 12.6. The number of aryl methyl sites for hydroxylation is 2. The Kier molecular flexibility index (Phi) is 6.89. The molecule has 1 aliphatic carbocycles. The molecule has 8 rings (SSSR count). The maximum absolute atomic E-state index is 6.65. The van der Waals surface area contributed by atoms with E-state index in [1.807, 2.05) is 12.3 Å². The average Bonchev–Trinajstić information content (AvgIpc) is 3.36. The van der Waals surface area contributed by atoms with Crippen LogP contribution in [0.5, 0.6) is 11.5 Å². The Morgan fingerprint density at radius 2 is 1.40 bits per heavy atom. The van der Waals surface area contributed by atoms with E-state index in [1.165, 1.54) is 39.0 Å². The molecule has 48 heavy (non-hydrogen) atoms. The van der Waals surface area contributed by atoms with Crippen molar-refractivity contribution in [2.75, 3.05) is 4.90 Å². The number of fused-ring (bicyclic) bond motifs is 4. The van der Waals surface area contributed by atoms with E-state index in [1.54, 1.807) is 0 Å². The Morgan fingerprint density at radius 3 is 2.15 bits per heavy atom. The molecule has 0 atom stereocenters. The SMILES string of the molecule is Cc1ccnc(N2c3cc(Oc4cccc(-n5[c](=[Pt])n(C)c6ccccc65)c4)ccc3Cc3cc4c(cc32)C(C)(C)C(C)(C)C4(C)C)c1. The number of para-hydroxylation sites is 2. The summed E-state index contributed by atoms with van der Waals surface area (Å²) in [5.74, 6) is 2.52. The van der Waals surface area contributed by atoms with E-state index < -0.39 is 0 Å². The molecule has 1 aliphatic heterocycles. The van der Waals surface area contributed by atoms with Crippen LogP contribution in [-0.2, 0) is 43.7 Å². The zero-order valence-electron chi connectivity index (χ0n) is 29.0. The number of nitrogens with zero attached hydrogens (tertiary/aromatic N) is 4. The molecule has 0 amide bonds. The van der Waals surface area contributed by atoms with Gasteiger partial charge in [-0.2, -0.15) is 0 Å². The number of hydrogen-bond donors (Lipinski definition) is 0. The van der Waals surface area contributed by atoms with Crippen molar-refractivity contribution in [1.29, 1.82) is 0 Å². The first-order valence-corrected chi connectivity index (χ1v) is 17.9. The van der Waals surface area contributed by atoms with E-state index in [0.29, 0.717) is 0 Å². The summed E-state index contributed by atoms with van der Waals surface area (Å²) in [6.45, 7) is 16.7. The van der Waals surface area contributed by atoms with Gasteiger partial charge in [0.2, 0.25) is 0 Å². The Bertz CT molecular complexity index is 2340. The molecule has 0 fully saturated rings. The van der Waals surface area contributed by atoms with Crippen LogP contribution in [0.3, 0.4) is 0 Å². The zero-order valence-corrected chi connectivity index (χ0v) is 31.2. The molecule has 6 heteroatoms. The summed E-state index contributed by atoms with van der Waals surface area (Å²) >= 11 is 2.40. The van der Waals surface area contributed by atoms with Crippen LogP contribution in [-0.4, -0.2) is 14.1 Å². The van der Waals surface area contributed by atoms with Crippen LogP contribution in [0, 0.1) is 16.1 Å². The first-order valence-electron chi connectivity index (χ1n) is 16.7. The van der Waals surface area contributed by atoms with Gasteiger partial charge in [0, 0.05) is 6.20 Å². The Labute approximate surface area is 294 Å². The van der Waals surface area contributed by atoms with Crippen molar-refractivity contribution in [2.45, 2.75) is 65.7 Å². The molecule has 0 radical (unpaired) electrons. The Balaban J connectivity index is 1.23. The minimum Gasteiger partial charge on any atom is -0.0582 e. The summed E-state index contributed by atoms with van der Waals surface area (Å²) in [6.07, 6.45) is 2.78. The second-order valence-electron chi connectivity index (χ2n) is 15.1. The van der Waals surface area contributed by atoms with Crippen molar-refractivity contribution in [3.05, 3.63) is 129 Å². The van der Waals surface area contributed by atoms with Gasteiger partial charge in [-0.05, 0) is 45.9 Å². The normalized spacial score (nSPS) is 16.8. The number of rotatable bonds is 4. The fourth-order valence-electron chi connectivity index (χ4n) is 7.99. The smallest absolute Gasteiger partial charge is 0.0582 e. The van der Waals surface area contributed by atoms with Gasteiger partial charge in [0.15, 0.2) is 0 Å². The summed E-state index contributed by atoms with van der Waals surface area (Å²) in [6, 6.07) is 32.6. The topological polar surface area (TPSA) is 35.2 Å². The summed E-state index contributed by atoms with van der Waals surface area (Å²) in [5, 5.41) is 0. The van der Waals surface area contributed by atoms with E-state index >= 15 is 0 Å². The minimum atomic E-state index is 0.00274. The molecule has 0 saturated heterocycles. The predicted octanol–water partition coefficient (Wildman–Crippen LogP) is 10.5. The monoisotopic (exact) mass is 813 g/mol. The van der Waals surface area contributed by atoms with Crippen molar-refractivity contribution < 1.29 is 24.1 Å². The molecule has 6 aromatic rings. The molecular formula is C42H42N4OPt. The number of anilines is 3. The number of pyridine rings is 1. The number of ether oxygens (including phenoxy) is 1. The number of benzene rings is 4. The molecule has 0 spiro atoms. The third-order valence-electron chi connectivity index (χ3n) is 12.0. The second-order valence-corrected chi connectivity index (χ2v) is 16.1. The van der Waals surface area contributed by atoms with Crippen molar-refractivity contribution >= 4 is 28.2 Å². The third kappa shape index (κ3) is 4.39. The molecule has 3 heterocycles. The van der Waals surface area contributed by atoms with Gasteiger partial charge in [0.25, 0.3) is 0 Å². The zero-order chi connectivity index (χ0) is 33.7. The number of hydrogen-bond acceptors (Lipinski definition) is 3. The van der Waals surface area contributed by atoms with Gasteiger partial charge in [-0.25, -0.2) is 0 Å². The van der Waals surface area contributed by atoms with Crippen molar-refractivity contribution in [1.82, 2.24) is 14.1 Å². The van der Waals surface area contributed by atoms with Crippen LogP contribution in [0.4, 0.5) is 17.2 Å². The van der Waals surface area contributed by atoms with Gasteiger partial charge in [0.05, 0.1) is 0 Å². The van der Waals surface area contributed by atoms with Gasteiger partial charge in [-0.1, -0.05) is 47.6 Å². The first-order chi connectivity index (χ1) is 22.8. The summed E-state index contributed by atoms with van der Waals surface area (Å²) in [4.78, 5) is 7.28. The van der Waals surface area contributed by atoms with Crippen LogP contribution in [0.2, 0.25) is 0 Å². The van der Waals surface area contributed by atoms with Crippen molar-refractivity contribution in [2.24, 2.45) is 12.5 Å². The molecule has 0 N–H and O–H groups in total. The van der Waals surface area contributed by atoms with Crippen LogP contribution >= 0.6 is 0 Å². The van der Waals surface area contributed by atoms with Crippen molar-refractivity contribution in [3.8, 4) is 17.2 Å².